The van der Waals surface area contributed by atoms with Crippen LogP contribution < -0.4 is 4.74 Å². The van der Waals surface area contributed by atoms with Crippen LogP contribution in [0, 0.1) is 11.7 Å². The van der Waals surface area contributed by atoms with Crippen molar-refractivity contribution in [2.45, 2.75) is 13.0 Å². The first-order valence-electron chi connectivity index (χ1n) is 7.76. The molecule has 7 heteroatoms. The van der Waals surface area contributed by atoms with Gasteiger partial charge in [-0.1, -0.05) is 0 Å². The molecule has 128 valence electrons. The third-order valence-corrected chi connectivity index (χ3v) is 3.92. The number of methoxy groups -OCH3 is 1. The number of hydrogen-bond acceptors (Lipinski definition) is 5. The maximum Gasteiger partial charge on any atom is 0.275 e. The molecule has 0 bridgehead atoms. The maximum atomic E-state index is 12.8. The second-order valence-corrected chi connectivity index (χ2v) is 5.73. The van der Waals surface area contributed by atoms with Crippen molar-refractivity contribution < 1.29 is 23.1 Å². The van der Waals surface area contributed by atoms with Gasteiger partial charge in [0, 0.05) is 26.1 Å². The van der Waals surface area contributed by atoms with Crippen LogP contribution in [0.15, 0.2) is 34.9 Å². The smallest absolute Gasteiger partial charge is 0.275 e. The van der Waals surface area contributed by atoms with Gasteiger partial charge in [-0.05, 0) is 30.7 Å². The summed E-state index contributed by atoms with van der Waals surface area (Å²) in [6.45, 7) is 2.09. The highest BCUT2D eigenvalue weighted by Gasteiger charge is 2.28. The summed E-state index contributed by atoms with van der Waals surface area (Å²) in [7, 11) is 1.66. The van der Waals surface area contributed by atoms with Gasteiger partial charge in [0.2, 0.25) is 5.89 Å². The van der Waals surface area contributed by atoms with Crippen LogP contribution in [0.2, 0.25) is 0 Å². The van der Waals surface area contributed by atoms with E-state index < -0.39 is 0 Å². The van der Waals surface area contributed by atoms with Crippen molar-refractivity contribution in [3.8, 4) is 5.75 Å². The molecule has 6 nitrogen and oxygen atoms in total. The molecular formula is C17H19FN2O4. The number of carbonyl (C=O) groups excluding carboxylic acids is 1. The predicted molar refractivity (Wildman–Crippen MR) is 83.1 cm³/mol. The summed E-state index contributed by atoms with van der Waals surface area (Å²) in [6.07, 6.45) is 2.27. The molecule has 1 atom stereocenters. The molecule has 2 heterocycles. The number of amides is 1. The molecule has 0 saturated carbocycles. The lowest BCUT2D eigenvalue weighted by molar-refractivity contribution is 0.0769. The zero-order valence-corrected chi connectivity index (χ0v) is 13.4. The van der Waals surface area contributed by atoms with Crippen molar-refractivity contribution >= 4 is 5.91 Å². The Kier molecular flexibility index (Phi) is 5.10. The number of likely N-dealkylation sites (tertiary alicyclic amines) is 1. The highest BCUT2D eigenvalue weighted by Crippen LogP contribution is 2.19. The standard InChI is InChI=1S/C17H19FN2O4/c1-22-9-12-6-7-20(8-12)17(21)15-10-24-16(19-15)11-23-14-4-2-13(18)3-5-14/h2-5,10,12H,6-9,11H2,1H3/t12-/m0/s1. The van der Waals surface area contributed by atoms with Crippen molar-refractivity contribution in [1.82, 2.24) is 9.88 Å². The van der Waals surface area contributed by atoms with E-state index in [1.807, 2.05) is 0 Å². The van der Waals surface area contributed by atoms with Crippen molar-refractivity contribution in [2.75, 3.05) is 26.8 Å². The normalized spacial score (nSPS) is 17.2. The molecule has 1 saturated heterocycles. The van der Waals surface area contributed by atoms with Crippen molar-refractivity contribution in [1.29, 1.82) is 0 Å². The van der Waals surface area contributed by atoms with E-state index in [0.717, 1.165) is 6.42 Å². The minimum Gasteiger partial charge on any atom is -0.484 e. The molecule has 1 amide bonds. The van der Waals surface area contributed by atoms with Crippen LogP contribution in [0.25, 0.3) is 0 Å². The fourth-order valence-corrected chi connectivity index (χ4v) is 2.70. The summed E-state index contributed by atoms with van der Waals surface area (Å²) < 4.78 is 28.7. The number of rotatable bonds is 6. The largest absolute Gasteiger partial charge is 0.484 e. The summed E-state index contributed by atoms with van der Waals surface area (Å²) in [6, 6.07) is 5.66. The van der Waals surface area contributed by atoms with Crippen LogP contribution in [0.3, 0.4) is 0 Å². The molecule has 24 heavy (non-hydrogen) atoms. The van der Waals surface area contributed by atoms with Gasteiger partial charge in [0.1, 0.15) is 17.8 Å². The van der Waals surface area contributed by atoms with Crippen LogP contribution in [0.5, 0.6) is 5.75 Å². The SMILES string of the molecule is COC[C@H]1CCN(C(=O)c2coc(COc3ccc(F)cc3)n2)C1. The fraction of sp³-hybridized carbons (Fsp3) is 0.412. The van der Waals surface area contributed by atoms with Gasteiger partial charge < -0.3 is 18.8 Å². The molecule has 0 N–H and O–H groups in total. The monoisotopic (exact) mass is 334 g/mol. The van der Waals surface area contributed by atoms with Gasteiger partial charge in [-0.2, -0.15) is 0 Å². The minimum atomic E-state index is -0.330. The van der Waals surface area contributed by atoms with Crippen LogP contribution in [-0.4, -0.2) is 42.6 Å². The second kappa shape index (κ2) is 7.44. The highest BCUT2D eigenvalue weighted by atomic mass is 19.1. The number of aromatic nitrogens is 1. The van der Waals surface area contributed by atoms with Gasteiger partial charge in [0.25, 0.3) is 5.91 Å². The summed E-state index contributed by atoms with van der Waals surface area (Å²) >= 11 is 0. The molecule has 1 fully saturated rings. The number of benzene rings is 1. The fourth-order valence-electron chi connectivity index (χ4n) is 2.70. The van der Waals surface area contributed by atoms with Gasteiger partial charge >= 0.3 is 0 Å². The van der Waals surface area contributed by atoms with E-state index >= 15 is 0 Å². The van der Waals surface area contributed by atoms with Crippen molar-refractivity contribution in [3.63, 3.8) is 0 Å². The van der Waals surface area contributed by atoms with Gasteiger partial charge in [-0.3, -0.25) is 4.79 Å². The van der Waals surface area contributed by atoms with Crippen molar-refractivity contribution in [3.05, 3.63) is 47.9 Å². The molecule has 1 aliphatic heterocycles. The first kappa shape index (κ1) is 16.4. The van der Waals surface area contributed by atoms with Crippen molar-refractivity contribution in [2.24, 2.45) is 5.92 Å². The first-order valence-corrected chi connectivity index (χ1v) is 7.76. The van der Waals surface area contributed by atoms with Gasteiger partial charge in [0.15, 0.2) is 12.3 Å². The number of ether oxygens (including phenoxy) is 2. The Morgan fingerprint density at radius 1 is 1.42 bits per heavy atom. The average molecular weight is 334 g/mol. The number of halogens is 1. The molecule has 0 spiro atoms. The summed E-state index contributed by atoms with van der Waals surface area (Å²) in [5.74, 6) is 0.695. The Morgan fingerprint density at radius 3 is 2.96 bits per heavy atom. The first-order chi connectivity index (χ1) is 11.7. The topological polar surface area (TPSA) is 64.8 Å². The maximum absolute atomic E-state index is 12.8. The summed E-state index contributed by atoms with van der Waals surface area (Å²) in [4.78, 5) is 18.3. The Morgan fingerprint density at radius 2 is 2.21 bits per heavy atom. The van der Waals surface area contributed by atoms with E-state index in [4.69, 9.17) is 13.9 Å². The molecule has 0 unspecified atom stereocenters. The molecule has 1 aromatic heterocycles. The van der Waals surface area contributed by atoms with Crippen LogP contribution in [0.4, 0.5) is 4.39 Å². The molecule has 1 aliphatic rings. The van der Waals surface area contributed by atoms with Crippen LogP contribution in [0.1, 0.15) is 22.8 Å². The molecular weight excluding hydrogens is 315 g/mol. The van der Waals surface area contributed by atoms with E-state index in [9.17, 15) is 9.18 Å². The lowest BCUT2D eigenvalue weighted by atomic mass is 10.1. The number of nitrogens with zero attached hydrogens (tertiary/aromatic N) is 2. The average Bonchev–Trinajstić information content (AvgIpc) is 3.24. The lowest BCUT2D eigenvalue weighted by Crippen LogP contribution is -2.29. The second-order valence-electron chi connectivity index (χ2n) is 5.73. The Hall–Kier alpha value is -2.41. The van der Waals surface area contributed by atoms with Crippen LogP contribution in [-0.2, 0) is 11.3 Å². The number of hydrogen-bond donors (Lipinski definition) is 0. The Balaban J connectivity index is 1.55. The summed E-state index contributed by atoms with van der Waals surface area (Å²) in [5.41, 5.74) is 0.269. The Bertz CT molecular complexity index is 686. The van der Waals surface area contributed by atoms with Gasteiger partial charge in [0.05, 0.1) is 6.61 Å². The third kappa shape index (κ3) is 3.91. The quantitative estimate of drug-likeness (QED) is 0.812. The molecule has 2 aromatic rings. The van der Waals surface area contributed by atoms with E-state index in [2.05, 4.69) is 4.98 Å². The van der Waals surface area contributed by atoms with Gasteiger partial charge in [-0.15, -0.1) is 0 Å². The summed E-state index contributed by atoms with van der Waals surface area (Å²) in [5, 5.41) is 0. The van der Waals surface area contributed by atoms with E-state index in [0.29, 0.717) is 37.3 Å². The highest BCUT2D eigenvalue weighted by molar-refractivity contribution is 5.92. The molecule has 1 aromatic carbocycles. The van der Waals surface area contributed by atoms with E-state index in [1.165, 1.54) is 30.5 Å². The molecule has 3 rings (SSSR count). The lowest BCUT2D eigenvalue weighted by Gasteiger charge is -2.14. The third-order valence-electron chi connectivity index (χ3n) is 3.92. The predicted octanol–water partition coefficient (Wildman–Crippen LogP) is 2.50. The molecule has 0 radical (unpaired) electrons. The number of oxazole rings is 1. The van der Waals surface area contributed by atoms with Crippen LogP contribution >= 0.6 is 0 Å². The zero-order valence-electron chi connectivity index (χ0n) is 13.4. The van der Waals surface area contributed by atoms with E-state index in [-0.39, 0.29) is 24.0 Å². The molecule has 0 aliphatic carbocycles. The van der Waals surface area contributed by atoms with E-state index in [1.54, 1.807) is 12.0 Å². The zero-order chi connectivity index (χ0) is 16.9. The van der Waals surface area contributed by atoms with Gasteiger partial charge in [-0.25, -0.2) is 9.37 Å². The number of carbonyl (C=O) groups is 1. The minimum absolute atomic E-state index is 0.0746. The Labute approximate surface area is 139 Å².